The van der Waals surface area contributed by atoms with Crippen molar-refractivity contribution in [3.05, 3.63) is 29.8 Å². The number of piperidine rings is 1. The van der Waals surface area contributed by atoms with Gasteiger partial charge >= 0.3 is 0 Å². The SMILES string of the molecule is CCc1ccc(S(=O)(=O)N2CCC(N)CC2C)cc1. The van der Waals surface area contributed by atoms with Gasteiger partial charge in [-0.05, 0) is 43.9 Å². The molecule has 1 aromatic rings. The van der Waals surface area contributed by atoms with Crippen LogP contribution in [-0.2, 0) is 16.4 Å². The van der Waals surface area contributed by atoms with Crippen molar-refractivity contribution in [1.29, 1.82) is 0 Å². The minimum Gasteiger partial charge on any atom is -0.328 e. The highest BCUT2D eigenvalue weighted by Crippen LogP contribution is 2.24. The zero-order chi connectivity index (χ0) is 14.0. The Balaban J connectivity index is 2.26. The number of benzene rings is 1. The van der Waals surface area contributed by atoms with Gasteiger partial charge in [-0.1, -0.05) is 19.1 Å². The molecule has 19 heavy (non-hydrogen) atoms. The summed E-state index contributed by atoms with van der Waals surface area (Å²) in [7, 11) is -3.38. The standard InChI is InChI=1S/C14H22N2O2S/c1-3-12-4-6-14(7-5-12)19(17,18)16-9-8-13(15)10-11(16)2/h4-7,11,13H,3,8-10,15H2,1-2H3. The van der Waals surface area contributed by atoms with Gasteiger partial charge < -0.3 is 5.73 Å². The molecule has 1 aliphatic heterocycles. The molecule has 1 saturated heterocycles. The highest BCUT2D eigenvalue weighted by Gasteiger charge is 2.33. The van der Waals surface area contributed by atoms with E-state index < -0.39 is 10.0 Å². The van der Waals surface area contributed by atoms with Gasteiger partial charge in [0, 0.05) is 18.6 Å². The average Bonchev–Trinajstić information content (AvgIpc) is 2.38. The molecule has 0 aromatic heterocycles. The Morgan fingerprint density at radius 1 is 1.32 bits per heavy atom. The predicted octanol–water partition coefficient (Wildman–Crippen LogP) is 1.75. The van der Waals surface area contributed by atoms with E-state index in [2.05, 4.69) is 6.92 Å². The summed E-state index contributed by atoms with van der Waals surface area (Å²) < 4.78 is 26.8. The van der Waals surface area contributed by atoms with Crippen LogP contribution in [0.4, 0.5) is 0 Å². The quantitative estimate of drug-likeness (QED) is 0.918. The van der Waals surface area contributed by atoms with Crippen molar-refractivity contribution < 1.29 is 8.42 Å². The second-order valence-electron chi connectivity index (χ2n) is 5.25. The van der Waals surface area contributed by atoms with E-state index in [1.807, 2.05) is 19.1 Å². The third kappa shape index (κ3) is 2.99. The second-order valence-corrected chi connectivity index (χ2v) is 7.14. The Labute approximate surface area is 115 Å². The summed E-state index contributed by atoms with van der Waals surface area (Å²) in [6.07, 6.45) is 2.37. The van der Waals surface area contributed by atoms with Crippen LogP contribution in [0.1, 0.15) is 32.3 Å². The third-order valence-electron chi connectivity index (χ3n) is 3.79. The van der Waals surface area contributed by atoms with Gasteiger partial charge in [0.25, 0.3) is 0 Å². The summed E-state index contributed by atoms with van der Waals surface area (Å²) in [5.41, 5.74) is 7.03. The van der Waals surface area contributed by atoms with Gasteiger partial charge in [0.2, 0.25) is 10.0 Å². The molecule has 2 rings (SSSR count). The Hall–Kier alpha value is -0.910. The lowest BCUT2D eigenvalue weighted by molar-refractivity contribution is 0.247. The number of nitrogens with zero attached hydrogens (tertiary/aromatic N) is 1. The molecule has 0 amide bonds. The Morgan fingerprint density at radius 3 is 2.47 bits per heavy atom. The molecule has 1 heterocycles. The van der Waals surface area contributed by atoms with Crippen molar-refractivity contribution >= 4 is 10.0 Å². The Bertz CT molecular complexity index is 525. The minimum atomic E-state index is -3.38. The first-order valence-corrected chi connectivity index (χ1v) is 8.25. The van der Waals surface area contributed by atoms with Crippen LogP contribution in [0.5, 0.6) is 0 Å². The predicted molar refractivity (Wildman–Crippen MR) is 76.4 cm³/mol. The van der Waals surface area contributed by atoms with E-state index >= 15 is 0 Å². The molecule has 0 bridgehead atoms. The van der Waals surface area contributed by atoms with Crippen molar-refractivity contribution in [2.75, 3.05) is 6.54 Å². The van der Waals surface area contributed by atoms with Crippen molar-refractivity contribution in [2.24, 2.45) is 5.73 Å². The van der Waals surface area contributed by atoms with Gasteiger partial charge in [0.1, 0.15) is 0 Å². The number of hydrogen-bond acceptors (Lipinski definition) is 3. The third-order valence-corrected chi connectivity index (χ3v) is 5.82. The highest BCUT2D eigenvalue weighted by atomic mass is 32.2. The molecule has 0 aliphatic carbocycles. The number of aryl methyl sites for hydroxylation is 1. The molecule has 0 spiro atoms. The summed E-state index contributed by atoms with van der Waals surface area (Å²) >= 11 is 0. The van der Waals surface area contributed by atoms with Crippen molar-refractivity contribution in [2.45, 2.75) is 50.1 Å². The average molecular weight is 282 g/mol. The second kappa shape index (κ2) is 5.61. The fourth-order valence-corrected chi connectivity index (χ4v) is 4.23. The molecule has 2 atom stereocenters. The number of hydrogen-bond donors (Lipinski definition) is 1. The monoisotopic (exact) mass is 282 g/mol. The smallest absolute Gasteiger partial charge is 0.243 e. The van der Waals surface area contributed by atoms with Gasteiger partial charge in [-0.3, -0.25) is 0 Å². The molecule has 4 nitrogen and oxygen atoms in total. The van der Waals surface area contributed by atoms with Crippen LogP contribution in [0.3, 0.4) is 0 Å². The summed E-state index contributed by atoms with van der Waals surface area (Å²) in [5.74, 6) is 0. The summed E-state index contributed by atoms with van der Waals surface area (Å²) in [4.78, 5) is 0.382. The maximum atomic E-state index is 12.6. The van der Waals surface area contributed by atoms with Crippen molar-refractivity contribution in [3.63, 3.8) is 0 Å². The number of nitrogens with two attached hydrogens (primary N) is 1. The molecule has 2 unspecified atom stereocenters. The largest absolute Gasteiger partial charge is 0.328 e. The summed E-state index contributed by atoms with van der Waals surface area (Å²) in [5, 5.41) is 0. The first-order chi connectivity index (χ1) is 8.95. The van der Waals surface area contributed by atoms with Crippen LogP contribution in [0, 0.1) is 0 Å². The molecular formula is C14H22N2O2S. The molecule has 1 aromatic carbocycles. The van der Waals surface area contributed by atoms with Gasteiger partial charge in [-0.2, -0.15) is 4.31 Å². The fraction of sp³-hybridized carbons (Fsp3) is 0.571. The molecule has 1 aliphatic rings. The van der Waals surface area contributed by atoms with Crippen LogP contribution in [-0.4, -0.2) is 31.4 Å². The van der Waals surface area contributed by atoms with E-state index in [4.69, 9.17) is 5.73 Å². The first kappa shape index (κ1) is 14.5. The van der Waals surface area contributed by atoms with E-state index in [-0.39, 0.29) is 12.1 Å². The maximum Gasteiger partial charge on any atom is 0.243 e. The van der Waals surface area contributed by atoms with Crippen LogP contribution in [0.2, 0.25) is 0 Å². The molecule has 2 N–H and O–H groups in total. The van der Waals surface area contributed by atoms with E-state index in [9.17, 15) is 8.42 Å². The van der Waals surface area contributed by atoms with Crippen LogP contribution in [0.15, 0.2) is 29.2 Å². The Kier molecular flexibility index (Phi) is 4.28. The van der Waals surface area contributed by atoms with Crippen molar-refractivity contribution in [1.82, 2.24) is 4.31 Å². The molecule has 1 fully saturated rings. The van der Waals surface area contributed by atoms with Crippen LogP contribution in [0.25, 0.3) is 0 Å². The van der Waals surface area contributed by atoms with Crippen molar-refractivity contribution in [3.8, 4) is 0 Å². The lowest BCUT2D eigenvalue weighted by atomic mass is 10.0. The minimum absolute atomic E-state index is 0.0281. The number of rotatable bonds is 3. The lowest BCUT2D eigenvalue weighted by Gasteiger charge is -2.35. The molecular weight excluding hydrogens is 260 g/mol. The Morgan fingerprint density at radius 2 is 1.95 bits per heavy atom. The first-order valence-electron chi connectivity index (χ1n) is 6.81. The summed E-state index contributed by atoms with van der Waals surface area (Å²) in [6.45, 7) is 4.49. The lowest BCUT2D eigenvalue weighted by Crippen LogP contribution is -2.48. The maximum absolute atomic E-state index is 12.6. The van der Waals surface area contributed by atoms with E-state index in [1.165, 1.54) is 0 Å². The molecule has 0 radical (unpaired) electrons. The van der Waals surface area contributed by atoms with E-state index in [0.29, 0.717) is 11.4 Å². The normalized spacial score (nSPS) is 25.4. The van der Waals surface area contributed by atoms with Gasteiger partial charge in [-0.15, -0.1) is 0 Å². The van der Waals surface area contributed by atoms with Gasteiger partial charge in [0.05, 0.1) is 4.90 Å². The zero-order valence-corrected chi connectivity index (χ0v) is 12.4. The van der Waals surface area contributed by atoms with Crippen LogP contribution < -0.4 is 5.73 Å². The van der Waals surface area contributed by atoms with E-state index in [0.717, 1.165) is 24.8 Å². The molecule has 106 valence electrons. The van der Waals surface area contributed by atoms with Gasteiger partial charge in [0.15, 0.2) is 0 Å². The van der Waals surface area contributed by atoms with E-state index in [1.54, 1.807) is 16.4 Å². The fourth-order valence-electron chi connectivity index (χ4n) is 2.58. The molecule has 0 saturated carbocycles. The highest BCUT2D eigenvalue weighted by molar-refractivity contribution is 7.89. The van der Waals surface area contributed by atoms with Gasteiger partial charge in [-0.25, -0.2) is 8.42 Å². The summed E-state index contributed by atoms with van der Waals surface area (Å²) in [6, 6.07) is 7.26. The zero-order valence-electron chi connectivity index (χ0n) is 11.5. The topological polar surface area (TPSA) is 63.4 Å². The number of sulfonamides is 1. The molecule has 5 heteroatoms. The van der Waals surface area contributed by atoms with Crippen LogP contribution >= 0.6 is 0 Å².